The first-order valence-electron chi connectivity index (χ1n) is 33.2. The third kappa shape index (κ3) is 55.9. The molecule has 486 valence electrons. The van der Waals surface area contributed by atoms with E-state index >= 15 is 0 Å². The highest BCUT2D eigenvalue weighted by atomic mass is 31.2. The minimum absolute atomic E-state index is 0.105. The fourth-order valence-corrected chi connectivity index (χ4v) is 11.0. The Balaban J connectivity index is 5.24. The van der Waals surface area contributed by atoms with Crippen molar-refractivity contribution in [2.24, 2.45) is 5.92 Å². The van der Waals surface area contributed by atoms with Crippen LogP contribution in [-0.4, -0.2) is 96.7 Å². The molecule has 17 nitrogen and oxygen atoms in total. The largest absolute Gasteiger partial charge is 0.472 e. The lowest BCUT2D eigenvalue weighted by atomic mass is 9.99. The Morgan fingerprint density at radius 3 is 0.866 bits per heavy atom. The Hall–Kier alpha value is -1.94. The molecule has 0 aromatic rings. The minimum Gasteiger partial charge on any atom is -0.462 e. The number of esters is 4. The summed E-state index contributed by atoms with van der Waals surface area (Å²) in [5.41, 5.74) is 0. The quantitative estimate of drug-likeness (QED) is 0.0222. The van der Waals surface area contributed by atoms with Gasteiger partial charge in [-0.25, -0.2) is 9.13 Å². The SMILES string of the molecule is CCCCCCCCCCCCCC(=O)OC[C@H](COP(=O)(O)OC[C@@H](O)COP(=O)(O)OC[C@@H](COC(=O)CCCCCCCCCCC)OC(=O)CCCCCCCCCCCC)OC(=O)CCCCCCCCCCC(C)CC. The van der Waals surface area contributed by atoms with Crippen LogP contribution in [0.2, 0.25) is 0 Å². The van der Waals surface area contributed by atoms with Gasteiger partial charge in [-0.1, -0.05) is 266 Å². The van der Waals surface area contributed by atoms with Gasteiger partial charge in [-0.05, 0) is 31.6 Å². The predicted octanol–water partition coefficient (Wildman–Crippen LogP) is 17.4. The normalized spacial score (nSPS) is 14.6. The second-order valence-electron chi connectivity index (χ2n) is 23.0. The van der Waals surface area contributed by atoms with Crippen LogP contribution in [0.25, 0.3) is 0 Å². The Labute approximate surface area is 498 Å². The van der Waals surface area contributed by atoms with E-state index in [2.05, 4.69) is 34.6 Å². The van der Waals surface area contributed by atoms with E-state index in [4.69, 9.17) is 37.0 Å². The molecule has 3 unspecified atom stereocenters. The summed E-state index contributed by atoms with van der Waals surface area (Å²) < 4.78 is 67.9. The van der Waals surface area contributed by atoms with Crippen LogP contribution >= 0.6 is 15.6 Å². The van der Waals surface area contributed by atoms with Gasteiger partial charge in [-0.15, -0.1) is 0 Å². The number of hydrogen-bond acceptors (Lipinski definition) is 15. The van der Waals surface area contributed by atoms with Crippen LogP contribution in [0.5, 0.6) is 0 Å². The second kappa shape index (κ2) is 56.8. The van der Waals surface area contributed by atoms with Crippen molar-refractivity contribution in [2.75, 3.05) is 39.6 Å². The smallest absolute Gasteiger partial charge is 0.462 e. The van der Waals surface area contributed by atoms with E-state index in [9.17, 15) is 43.2 Å². The molecule has 0 rings (SSSR count). The maximum Gasteiger partial charge on any atom is 0.472 e. The number of aliphatic hydroxyl groups excluding tert-OH is 1. The zero-order valence-electron chi connectivity index (χ0n) is 52.6. The van der Waals surface area contributed by atoms with Crippen LogP contribution in [0.15, 0.2) is 0 Å². The summed E-state index contributed by atoms with van der Waals surface area (Å²) in [6.07, 6.45) is 40.1. The molecule has 0 bridgehead atoms. The maximum atomic E-state index is 13.0. The van der Waals surface area contributed by atoms with Gasteiger partial charge in [0.1, 0.15) is 19.3 Å². The fraction of sp³-hybridized carbons (Fsp3) is 0.937. The monoisotopic (exact) mass is 1210 g/mol. The molecule has 0 radical (unpaired) electrons. The van der Waals surface area contributed by atoms with Crippen molar-refractivity contribution in [3.8, 4) is 0 Å². The maximum absolute atomic E-state index is 13.0. The van der Waals surface area contributed by atoms with E-state index in [1.165, 1.54) is 141 Å². The number of phosphoric ester groups is 2. The van der Waals surface area contributed by atoms with Crippen LogP contribution in [0, 0.1) is 5.92 Å². The predicted molar refractivity (Wildman–Crippen MR) is 326 cm³/mol. The van der Waals surface area contributed by atoms with Crippen molar-refractivity contribution in [3.63, 3.8) is 0 Å². The Kier molecular flexibility index (Phi) is 55.5. The molecule has 0 aliphatic carbocycles. The van der Waals surface area contributed by atoms with Crippen molar-refractivity contribution >= 4 is 39.5 Å². The third-order valence-corrected chi connectivity index (χ3v) is 16.8. The van der Waals surface area contributed by atoms with Crippen LogP contribution in [0.1, 0.15) is 317 Å². The lowest BCUT2D eigenvalue weighted by Gasteiger charge is -2.21. The van der Waals surface area contributed by atoms with Gasteiger partial charge >= 0.3 is 39.5 Å². The highest BCUT2D eigenvalue weighted by Crippen LogP contribution is 2.45. The minimum atomic E-state index is -4.94. The van der Waals surface area contributed by atoms with Crippen molar-refractivity contribution in [2.45, 2.75) is 335 Å². The third-order valence-electron chi connectivity index (χ3n) is 14.9. The number of unbranched alkanes of at least 4 members (excludes halogenated alkanes) is 34. The van der Waals surface area contributed by atoms with E-state index in [0.717, 1.165) is 95.8 Å². The standard InChI is InChI=1S/C63H122O17P2/c1-6-10-13-16-19-22-24-27-32-37-42-47-61(66)74-53-59(80-63(68)49-44-39-34-29-28-30-35-40-45-56(5)9-4)55-78-82(71,72)76-51-57(64)50-75-81(69,70)77-54-58(52-73-60(65)46-41-36-31-25-21-18-15-12-8-3)79-62(67)48-43-38-33-26-23-20-17-14-11-7-2/h56-59,64H,6-55H2,1-5H3,(H,69,70)(H,71,72)/t56?,57-,58+,59+/m0/s1. The second-order valence-corrected chi connectivity index (χ2v) is 25.9. The van der Waals surface area contributed by atoms with Gasteiger partial charge in [0.2, 0.25) is 0 Å². The molecule has 6 atom stereocenters. The molecule has 0 spiro atoms. The summed E-state index contributed by atoms with van der Waals surface area (Å²) in [6, 6.07) is 0. The van der Waals surface area contributed by atoms with Gasteiger partial charge in [0.05, 0.1) is 26.4 Å². The average molecular weight is 1210 g/mol. The molecule has 0 aromatic carbocycles. The summed E-state index contributed by atoms with van der Waals surface area (Å²) in [6.45, 7) is 7.16. The molecule has 0 aliphatic rings. The number of aliphatic hydroxyl groups is 1. The van der Waals surface area contributed by atoms with Crippen LogP contribution < -0.4 is 0 Å². The lowest BCUT2D eigenvalue weighted by Crippen LogP contribution is -2.30. The van der Waals surface area contributed by atoms with Gasteiger partial charge in [-0.2, -0.15) is 0 Å². The van der Waals surface area contributed by atoms with E-state index in [1.54, 1.807) is 0 Å². The molecule has 19 heteroatoms. The molecule has 0 fully saturated rings. The number of carbonyl (C=O) groups excluding carboxylic acids is 4. The summed E-state index contributed by atoms with van der Waals surface area (Å²) in [5, 5.41) is 10.5. The number of hydrogen-bond donors (Lipinski definition) is 3. The zero-order valence-corrected chi connectivity index (χ0v) is 54.4. The van der Waals surface area contributed by atoms with Gasteiger partial charge in [-0.3, -0.25) is 37.3 Å². The Morgan fingerprint density at radius 1 is 0.341 bits per heavy atom. The molecule has 0 saturated carbocycles. The van der Waals surface area contributed by atoms with Gasteiger partial charge < -0.3 is 33.8 Å². The number of rotatable bonds is 63. The van der Waals surface area contributed by atoms with Crippen molar-refractivity contribution in [1.29, 1.82) is 0 Å². The fourth-order valence-electron chi connectivity index (χ4n) is 9.37. The van der Waals surface area contributed by atoms with Crippen molar-refractivity contribution in [3.05, 3.63) is 0 Å². The molecule has 3 N–H and O–H groups in total. The first kappa shape index (κ1) is 80.1. The molecule has 0 amide bonds. The van der Waals surface area contributed by atoms with Crippen LogP contribution in [-0.2, 0) is 65.4 Å². The Morgan fingerprint density at radius 2 is 0.585 bits per heavy atom. The number of phosphoric acid groups is 2. The van der Waals surface area contributed by atoms with Gasteiger partial charge in [0.15, 0.2) is 12.2 Å². The molecule has 0 saturated heterocycles. The summed E-state index contributed by atoms with van der Waals surface area (Å²) in [4.78, 5) is 72.1. The number of ether oxygens (including phenoxy) is 4. The van der Waals surface area contributed by atoms with E-state index in [-0.39, 0.29) is 25.7 Å². The topological polar surface area (TPSA) is 237 Å². The van der Waals surface area contributed by atoms with Gasteiger partial charge in [0, 0.05) is 25.7 Å². The molecule has 0 aromatic heterocycles. The zero-order chi connectivity index (χ0) is 60.6. The van der Waals surface area contributed by atoms with Crippen LogP contribution in [0.4, 0.5) is 0 Å². The summed E-state index contributed by atoms with van der Waals surface area (Å²) >= 11 is 0. The van der Waals surface area contributed by atoms with Crippen molar-refractivity contribution < 1.29 is 80.2 Å². The van der Waals surface area contributed by atoms with E-state index in [0.29, 0.717) is 25.7 Å². The lowest BCUT2D eigenvalue weighted by molar-refractivity contribution is -0.161. The molecular formula is C63H122O17P2. The first-order valence-corrected chi connectivity index (χ1v) is 36.2. The summed E-state index contributed by atoms with van der Waals surface area (Å²) in [5.74, 6) is -1.37. The first-order chi connectivity index (χ1) is 39.6. The van der Waals surface area contributed by atoms with Gasteiger partial charge in [0.25, 0.3) is 0 Å². The summed E-state index contributed by atoms with van der Waals surface area (Å²) in [7, 11) is -9.88. The Bertz CT molecular complexity index is 1600. The van der Waals surface area contributed by atoms with E-state index in [1.807, 2.05) is 0 Å². The van der Waals surface area contributed by atoms with Crippen molar-refractivity contribution in [1.82, 2.24) is 0 Å². The van der Waals surface area contributed by atoms with Crippen LogP contribution in [0.3, 0.4) is 0 Å². The molecule has 82 heavy (non-hydrogen) atoms. The highest BCUT2D eigenvalue weighted by molar-refractivity contribution is 7.47. The number of carbonyl (C=O) groups is 4. The molecular weight excluding hydrogens is 1090 g/mol. The highest BCUT2D eigenvalue weighted by Gasteiger charge is 2.30. The average Bonchev–Trinajstić information content (AvgIpc) is 3.47. The molecule has 0 heterocycles. The molecule has 0 aliphatic heterocycles. The van der Waals surface area contributed by atoms with E-state index < -0.39 is 97.5 Å².